The van der Waals surface area contributed by atoms with Gasteiger partial charge in [0.1, 0.15) is 11.4 Å². The number of carbonyl (C=O) groups excluding carboxylic acids is 3. The molecular formula is C36H40N7O3+. The molecule has 0 saturated heterocycles. The Morgan fingerprint density at radius 2 is 1.39 bits per heavy atom. The molecule has 3 amide bonds. The van der Waals surface area contributed by atoms with Gasteiger partial charge >= 0.3 is 0 Å². The Morgan fingerprint density at radius 1 is 0.783 bits per heavy atom. The molecule has 3 aromatic heterocycles. The number of aromatic nitrogens is 3. The standard InChI is InChI=1S/C36H39N7O3/c1-6-43(4,5)18-17-37-35(45)32-20-30(24-41(32)2)40-36(46)33-21-29(23-42(33)3)39-34(44)27-15-13-25(14-16-27)11-12-26-19-28-9-7-8-10-31(28)38-22-26/h7-16,19-24H,6,17-18H2,1-5H3,(H2-,37,39,40,44,45,46)/p+1. The predicted octanol–water partition coefficient (Wildman–Crippen LogP) is 5.41. The summed E-state index contributed by atoms with van der Waals surface area (Å²) in [5, 5.41) is 9.76. The summed E-state index contributed by atoms with van der Waals surface area (Å²) in [6.07, 6.45) is 9.18. The molecule has 46 heavy (non-hydrogen) atoms. The second-order valence-corrected chi connectivity index (χ2v) is 12.0. The molecule has 236 valence electrons. The maximum Gasteiger partial charge on any atom is 0.272 e. The number of quaternary nitrogens is 1. The number of pyridine rings is 1. The lowest BCUT2D eigenvalue weighted by molar-refractivity contribution is -0.887. The number of benzene rings is 2. The van der Waals surface area contributed by atoms with E-state index in [4.69, 9.17) is 0 Å². The number of rotatable bonds is 11. The third-order valence-corrected chi connectivity index (χ3v) is 8.10. The van der Waals surface area contributed by atoms with Gasteiger partial charge in [-0.25, -0.2) is 0 Å². The summed E-state index contributed by atoms with van der Waals surface area (Å²) in [4.78, 5) is 43.3. The monoisotopic (exact) mass is 618 g/mol. The number of hydrogen-bond donors (Lipinski definition) is 3. The Balaban J connectivity index is 1.17. The van der Waals surface area contributed by atoms with Crippen LogP contribution in [-0.2, 0) is 14.1 Å². The molecule has 5 aromatic rings. The van der Waals surface area contributed by atoms with Gasteiger partial charge in [-0.3, -0.25) is 19.4 Å². The fourth-order valence-corrected chi connectivity index (χ4v) is 4.95. The van der Waals surface area contributed by atoms with Crippen LogP contribution in [0.15, 0.2) is 85.3 Å². The van der Waals surface area contributed by atoms with Gasteiger partial charge in [0.2, 0.25) is 0 Å². The number of hydrogen-bond acceptors (Lipinski definition) is 4. The average Bonchev–Trinajstić information content (AvgIpc) is 3.60. The van der Waals surface area contributed by atoms with Crippen molar-refractivity contribution in [2.75, 3.05) is 44.4 Å². The zero-order valence-electron chi connectivity index (χ0n) is 26.9. The Morgan fingerprint density at radius 3 is 2.07 bits per heavy atom. The van der Waals surface area contributed by atoms with Crippen LogP contribution in [0.1, 0.15) is 49.4 Å². The number of carbonyl (C=O) groups is 3. The van der Waals surface area contributed by atoms with Gasteiger partial charge in [0.05, 0.1) is 50.6 Å². The molecule has 0 aliphatic carbocycles. The minimum Gasteiger partial charge on any atom is -0.345 e. The lowest BCUT2D eigenvalue weighted by atomic mass is 10.1. The van der Waals surface area contributed by atoms with Crippen LogP contribution >= 0.6 is 0 Å². The van der Waals surface area contributed by atoms with Crippen molar-refractivity contribution in [2.45, 2.75) is 6.92 Å². The Labute approximate surface area is 269 Å². The molecule has 5 rings (SSSR count). The van der Waals surface area contributed by atoms with Gasteiger partial charge in [-0.1, -0.05) is 42.5 Å². The lowest BCUT2D eigenvalue weighted by Crippen LogP contribution is -2.45. The van der Waals surface area contributed by atoms with Gasteiger partial charge in [0.25, 0.3) is 17.7 Å². The van der Waals surface area contributed by atoms with E-state index >= 15 is 0 Å². The first-order valence-electron chi connectivity index (χ1n) is 15.2. The second kappa shape index (κ2) is 13.7. The summed E-state index contributed by atoms with van der Waals surface area (Å²) in [6, 6.07) is 20.6. The van der Waals surface area contributed by atoms with Gasteiger partial charge in [-0.15, -0.1) is 0 Å². The summed E-state index contributed by atoms with van der Waals surface area (Å²) in [6.45, 7) is 4.45. The van der Waals surface area contributed by atoms with E-state index < -0.39 is 0 Å². The van der Waals surface area contributed by atoms with E-state index in [0.717, 1.165) is 39.6 Å². The maximum atomic E-state index is 13.1. The summed E-state index contributed by atoms with van der Waals surface area (Å²) < 4.78 is 4.14. The molecule has 0 spiro atoms. The molecule has 10 nitrogen and oxygen atoms in total. The van der Waals surface area contributed by atoms with Crippen molar-refractivity contribution in [1.82, 2.24) is 19.4 Å². The first-order chi connectivity index (χ1) is 22.0. The largest absolute Gasteiger partial charge is 0.345 e. The van der Waals surface area contributed by atoms with Crippen molar-refractivity contribution in [2.24, 2.45) is 14.1 Å². The first-order valence-corrected chi connectivity index (χ1v) is 15.2. The van der Waals surface area contributed by atoms with E-state index in [2.05, 4.69) is 48.0 Å². The summed E-state index contributed by atoms with van der Waals surface area (Å²) in [5.41, 5.74) is 5.18. The van der Waals surface area contributed by atoms with Gasteiger partial charge < -0.3 is 29.6 Å². The predicted molar refractivity (Wildman–Crippen MR) is 184 cm³/mol. The number of fused-ring (bicyclic) bond motifs is 1. The fraction of sp³-hybridized carbons (Fsp3) is 0.222. The van der Waals surface area contributed by atoms with Crippen molar-refractivity contribution in [3.8, 4) is 0 Å². The quantitative estimate of drug-likeness (QED) is 0.172. The van der Waals surface area contributed by atoms with Crippen molar-refractivity contribution >= 4 is 52.2 Å². The van der Waals surface area contributed by atoms with Crippen LogP contribution in [0.3, 0.4) is 0 Å². The van der Waals surface area contributed by atoms with Crippen molar-refractivity contribution in [3.05, 3.63) is 113 Å². The zero-order chi connectivity index (χ0) is 32.8. The van der Waals surface area contributed by atoms with Crippen LogP contribution in [0, 0.1) is 0 Å². The minimum absolute atomic E-state index is 0.200. The Bertz CT molecular complexity index is 1920. The maximum absolute atomic E-state index is 13.1. The molecule has 0 aliphatic rings. The third kappa shape index (κ3) is 7.77. The smallest absolute Gasteiger partial charge is 0.272 e. The SMILES string of the molecule is CC[N+](C)(C)CCNC(=O)c1cc(NC(=O)c2cc(NC(=O)c3ccc(C=Cc4cnc5ccccc5c4)cc3)cn2C)cn1C. The molecule has 0 saturated carbocycles. The number of aryl methyl sites for hydroxylation is 2. The van der Waals surface area contributed by atoms with Crippen LogP contribution in [0.4, 0.5) is 11.4 Å². The number of nitrogens with one attached hydrogen (secondary N) is 3. The van der Waals surface area contributed by atoms with E-state index in [1.54, 1.807) is 59.9 Å². The minimum atomic E-state index is -0.361. The van der Waals surface area contributed by atoms with Crippen molar-refractivity contribution in [1.29, 1.82) is 0 Å². The third-order valence-electron chi connectivity index (χ3n) is 8.10. The number of anilines is 2. The van der Waals surface area contributed by atoms with Gasteiger partial charge in [0, 0.05) is 43.6 Å². The van der Waals surface area contributed by atoms with Gasteiger partial charge in [-0.2, -0.15) is 0 Å². The lowest BCUT2D eigenvalue weighted by Gasteiger charge is -2.28. The molecule has 0 unspecified atom stereocenters. The highest BCUT2D eigenvalue weighted by Gasteiger charge is 2.18. The number of para-hydroxylation sites is 1. The molecule has 3 N–H and O–H groups in total. The Kier molecular flexibility index (Phi) is 9.48. The van der Waals surface area contributed by atoms with E-state index in [1.165, 1.54) is 0 Å². The van der Waals surface area contributed by atoms with E-state index in [1.807, 2.05) is 54.7 Å². The van der Waals surface area contributed by atoms with Crippen LogP contribution in [0.5, 0.6) is 0 Å². The first kappa shape index (κ1) is 31.9. The molecule has 0 radical (unpaired) electrons. The van der Waals surface area contributed by atoms with Crippen LogP contribution in [-0.4, -0.2) is 70.1 Å². The summed E-state index contributed by atoms with van der Waals surface area (Å²) in [7, 11) is 7.73. The average molecular weight is 619 g/mol. The number of nitrogens with zero attached hydrogens (tertiary/aromatic N) is 4. The molecule has 2 aromatic carbocycles. The van der Waals surface area contributed by atoms with E-state index in [-0.39, 0.29) is 17.7 Å². The summed E-state index contributed by atoms with van der Waals surface area (Å²) in [5.74, 6) is -0.846. The van der Waals surface area contributed by atoms with Crippen molar-refractivity contribution in [3.63, 3.8) is 0 Å². The highest BCUT2D eigenvalue weighted by Crippen LogP contribution is 2.19. The highest BCUT2D eigenvalue weighted by atomic mass is 16.2. The molecule has 0 atom stereocenters. The molecule has 0 bridgehead atoms. The van der Waals surface area contributed by atoms with E-state index in [9.17, 15) is 14.4 Å². The molecular weight excluding hydrogens is 578 g/mol. The summed E-state index contributed by atoms with van der Waals surface area (Å²) >= 11 is 0. The normalized spacial score (nSPS) is 11.6. The molecule has 0 aliphatic heterocycles. The highest BCUT2D eigenvalue weighted by molar-refractivity contribution is 6.07. The molecule has 10 heteroatoms. The van der Waals surface area contributed by atoms with Crippen LogP contribution in [0.25, 0.3) is 23.1 Å². The van der Waals surface area contributed by atoms with Crippen molar-refractivity contribution < 1.29 is 18.9 Å². The van der Waals surface area contributed by atoms with Gasteiger partial charge in [-0.05, 0) is 54.4 Å². The van der Waals surface area contributed by atoms with Crippen LogP contribution < -0.4 is 16.0 Å². The van der Waals surface area contributed by atoms with E-state index in [0.29, 0.717) is 34.9 Å². The number of likely N-dealkylation sites (N-methyl/N-ethyl adjacent to an activating group) is 1. The molecule has 0 fully saturated rings. The fourth-order valence-electron chi connectivity index (χ4n) is 4.95. The number of amides is 3. The molecule has 3 heterocycles. The van der Waals surface area contributed by atoms with Gasteiger partial charge in [0.15, 0.2) is 0 Å². The topological polar surface area (TPSA) is 110 Å². The Hall–Kier alpha value is -5.48. The second-order valence-electron chi connectivity index (χ2n) is 12.0. The van der Waals surface area contributed by atoms with Crippen LogP contribution in [0.2, 0.25) is 0 Å². The zero-order valence-corrected chi connectivity index (χ0v) is 26.9.